The van der Waals surface area contributed by atoms with Gasteiger partial charge in [-0.3, -0.25) is 9.36 Å². The lowest BCUT2D eigenvalue weighted by Gasteiger charge is -2.31. The maximum atomic E-state index is 14.0. The van der Waals surface area contributed by atoms with Crippen molar-refractivity contribution in [3.63, 3.8) is 0 Å². The maximum absolute atomic E-state index is 14.0. The molecule has 1 unspecified atom stereocenters. The number of amides is 2. The fraction of sp³-hybridized carbons (Fsp3) is 0.194. The quantitative estimate of drug-likeness (QED) is 0.227. The van der Waals surface area contributed by atoms with Crippen molar-refractivity contribution in [2.24, 2.45) is 0 Å². The number of halogens is 2. The predicted octanol–water partition coefficient (Wildman–Crippen LogP) is 7.00. The van der Waals surface area contributed by atoms with E-state index in [0.29, 0.717) is 51.2 Å². The molecule has 0 fully saturated rings. The highest BCUT2D eigenvalue weighted by atomic mass is 35.5. The molecular formula is C31H29Cl2N5O2. The average molecular weight is 575 g/mol. The van der Waals surface area contributed by atoms with Gasteiger partial charge in [0.2, 0.25) is 0 Å². The topological polar surface area (TPSA) is 70.5 Å². The molecular weight excluding hydrogens is 545 g/mol. The number of para-hydroxylation sites is 1. The Morgan fingerprint density at radius 2 is 1.62 bits per heavy atom. The summed E-state index contributed by atoms with van der Waals surface area (Å²) in [6.07, 6.45) is 0. The molecule has 5 aromatic rings. The maximum Gasteiger partial charge on any atom is 0.322 e. The van der Waals surface area contributed by atoms with Crippen molar-refractivity contribution in [3.8, 4) is 5.69 Å². The van der Waals surface area contributed by atoms with E-state index in [4.69, 9.17) is 28.2 Å². The van der Waals surface area contributed by atoms with Crippen molar-refractivity contribution in [2.45, 2.75) is 13.0 Å². The Morgan fingerprint density at radius 3 is 2.38 bits per heavy atom. The van der Waals surface area contributed by atoms with Crippen LogP contribution in [0, 0.1) is 0 Å². The Labute approximate surface area is 242 Å². The number of nitrogens with zero attached hydrogens (tertiary/aromatic N) is 4. The highest BCUT2D eigenvalue weighted by Crippen LogP contribution is 2.28. The number of urea groups is 1. The lowest BCUT2D eigenvalue weighted by Crippen LogP contribution is -2.43. The average Bonchev–Trinajstić information content (AvgIpc) is 2.94. The van der Waals surface area contributed by atoms with E-state index < -0.39 is 6.04 Å². The molecule has 40 heavy (non-hydrogen) atoms. The van der Waals surface area contributed by atoms with Gasteiger partial charge in [0.15, 0.2) is 0 Å². The number of likely N-dealkylation sites (N-methyl/N-ethyl adjacent to an activating group) is 1. The number of fused-ring (bicyclic) bond motifs is 2. The summed E-state index contributed by atoms with van der Waals surface area (Å²) in [6.45, 7) is 2.88. The molecule has 0 saturated carbocycles. The smallest absolute Gasteiger partial charge is 0.313 e. The number of aromatic nitrogens is 2. The number of hydrogen-bond donors (Lipinski definition) is 1. The SMILES string of the molecule is CC(c1nc2ccccc2c(=O)n1-c1ccc2ccccc2c1)N(CCN(C)C)C(=O)Nc1ccc(Cl)c(Cl)c1. The summed E-state index contributed by atoms with van der Waals surface area (Å²) in [5.41, 5.74) is 1.57. The van der Waals surface area contributed by atoms with Crippen molar-refractivity contribution in [3.05, 3.63) is 111 Å². The van der Waals surface area contributed by atoms with Crippen LogP contribution in [0.25, 0.3) is 27.4 Å². The first kappa shape index (κ1) is 27.6. The van der Waals surface area contributed by atoms with Crippen LogP contribution in [0.15, 0.2) is 89.7 Å². The van der Waals surface area contributed by atoms with Gasteiger partial charge in [0, 0.05) is 18.8 Å². The molecule has 1 atom stereocenters. The highest BCUT2D eigenvalue weighted by Gasteiger charge is 2.27. The number of benzene rings is 4. The summed E-state index contributed by atoms with van der Waals surface area (Å²) in [6, 6.07) is 25.2. The molecule has 1 N–H and O–H groups in total. The van der Waals surface area contributed by atoms with Crippen molar-refractivity contribution in [1.29, 1.82) is 0 Å². The summed E-state index contributed by atoms with van der Waals surface area (Å²) in [7, 11) is 3.89. The molecule has 1 heterocycles. The van der Waals surface area contributed by atoms with Gasteiger partial charge in [-0.15, -0.1) is 0 Å². The van der Waals surface area contributed by atoms with E-state index in [0.717, 1.165) is 10.8 Å². The molecule has 2 amide bonds. The second kappa shape index (κ2) is 11.7. The minimum atomic E-state index is -0.563. The Bertz CT molecular complexity index is 1770. The first-order valence-corrected chi connectivity index (χ1v) is 13.7. The van der Waals surface area contributed by atoms with Crippen molar-refractivity contribution < 1.29 is 4.79 Å². The monoisotopic (exact) mass is 573 g/mol. The van der Waals surface area contributed by atoms with Crippen LogP contribution in [0.1, 0.15) is 18.8 Å². The molecule has 0 spiro atoms. The molecule has 0 radical (unpaired) electrons. The van der Waals surface area contributed by atoms with Gasteiger partial charge in [0.25, 0.3) is 5.56 Å². The fourth-order valence-electron chi connectivity index (χ4n) is 4.68. The first-order chi connectivity index (χ1) is 19.2. The summed E-state index contributed by atoms with van der Waals surface area (Å²) in [4.78, 5) is 36.3. The number of nitrogens with one attached hydrogen (secondary N) is 1. The summed E-state index contributed by atoms with van der Waals surface area (Å²) in [5.74, 6) is 0.460. The number of hydrogen-bond acceptors (Lipinski definition) is 4. The lowest BCUT2D eigenvalue weighted by molar-refractivity contribution is 0.181. The van der Waals surface area contributed by atoms with Gasteiger partial charge in [-0.1, -0.05) is 65.7 Å². The van der Waals surface area contributed by atoms with Crippen LogP contribution in [0.5, 0.6) is 0 Å². The van der Waals surface area contributed by atoms with E-state index in [-0.39, 0.29) is 11.6 Å². The normalized spacial score (nSPS) is 12.2. The molecule has 0 aliphatic carbocycles. The highest BCUT2D eigenvalue weighted by molar-refractivity contribution is 6.42. The third-order valence-electron chi connectivity index (χ3n) is 6.85. The van der Waals surface area contributed by atoms with Crippen LogP contribution in [0.3, 0.4) is 0 Å². The number of carbonyl (C=O) groups is 1. The first-order valence-electron chi connectivity index (χ1n) is 12.9. The summed E-state index contributed by atoms with van der Waals surface area (Å²) < 4.78 is 1.62. The fourth-order valence-corrected chi connectivity index (χ4v) is 4.98. The minimum Gasteiger partial charge on any atom is -0.313 e. The molecule has 0 bridgehead atoms. The van der Waals surface area contributed by atoms with E-state index >= 15 is 0 Å². The largest absolute Gasteiger partial charge is 0.322 e. The lowest BCUT2D eigenvalue weighted by atomic mass is 10.1. The van der Waals surface area contributed by atoms with Crippen LogP contribution >= 0.6 is 23.2 Å². The molecule has 0 saturated heterocycles. The summed E-state index contributed by atoms with van der Waals surface area (Å²) >= 11 is 12.3. The Balaban J connectivity index is 1.63. The second-order valence-corrected chi connectivity index (χ2v) is 10.7. The van der Waals surface area contributed by atoms with Crippen LogP contribution in [0.4, 0.5) is 10.5 Å². The molecule has 1 aromatic heterocycles. The molecule has 204 valence electrons. The van der Waals surface area contributed by atoms with E-state index in [1.54, 1.807) is 33.7 Å². The van der Waals surface area contributed by atoms with E-state index in [2.05, 4.69) is 5.32 Å². The number of carbonyl (C=O) groups excluding carboxylic acids is 1. The Kier molecular flexibility index (Phi) is 8.07. The van der Waals surface area contributed by atoms with Crippen LogP contribution in [-0.2, 0) is 0 Å². The van der Waals surface area contributed by atoms with Crippen molar-refractivity contribution in [1.82, 2.24) is 19.4 Å². The molecule has 0 aliphatic rings. The minimum absolute atomic E-state index is 0.194. The molecule has 7 nitrogen and oxygen atoms in total. The Hall–Kier alpha value is -3.91. The number of anilines is 1. The Morgan fingerprint density at radius 1 is 0.900 bits per heavy atom. The van der Waals surface area contributed by atoms with Gasteiger partial charge in [-0.25, -0.2) is 9.78 Å². The van der Waals surface area contributed by atoms with Gasteiger partial charge < -0.3 is 15.1 Å². The third kappa shape index (κ3) is 5.68. The summed E-state index contributed by atoms with van der Waals surface area (Å²) in [5, 5.41) is 6.24. The standard InChI is InChI=1S/C31H29Cl2N5O2/c1-20(37(17-16-36(2)3)31(40)34-23-13-15-26(32)27(33)19-23)29-35-28-11-7-6-10-25(28)30(39)38(29)24-14-12-21-8-4-5-9-22(21)18-24/h4-15,18-20H,16-17H2,1-3H3,(H,34,40). The molecule has 5 rings (SSSR count). The molecule has 4 aromatic carbocycles. The van der Waals surface area contributed by atoms with Crippen molar-refractivity contribution >= 4 is 56.6 Å². The zero-order valence-corrected chi connectivity index (χ0v) is 23.9. The third-order valence-corrected chi connectivity index (χ3v) is 7.59. The van der Waals surface area contributed by atoms with Crippen LogP contribution in [-0.4, -0.2) is 52.6 Å². The van der Waals surface area contributed by atoms with Gasteiger partial charge >= 0.3 is 6.03 Å². The van der Waals surface area contributed by atoms with Crippen LogP contribution < -0.4 is 10.9 Å². The molecule has 0 aliphatic heterocycles. The van der Waals surface area contributed by atoms with Gasteiger partial charge in [-0.05, 0) is 74.3 Å². The second-order valence-electron chi connectivity index (χ2n) is 9.89. The zero-order chi connectivity index (χ0) is 28.4. The molecule has 9 heteroatoms. The van der Waals surface area contributed by atoms with Gasteiger partial charge in [-0.2, -0.15) is 0 Å². The van der Waals surface area contributed by atoms with Gasteiger partial charge in [0.05, 0.1) is 32.7 Å². The van der Waals surface area contributed by atoms with E-state index in [1.807, 2.05) is 86.6 Å². The predicted molar refractivity (Wildman–Crippen MR) is 164 cm³/mol. The van der Waals surface area contributed by atoms with E-state index in [9.17, 15) is 9.59 Å². The van der Waals surface area contributed by atoms with Crippen LogP contribution in [0.2, 0.25) is 10.0 Å². The van der Waals surface area contributed by atoms with E-state index in [1.165, 1.54) is 0 Å². The number of rotatable bonds is 7. The van der Waals surface area contributed by atoms with Crippen molar-refractivity contribution in [2.75, 3.05) is 32.5 Å². The zero-order valence-electron chi connectivity index (χ0n) is 22.4. The van der Waals surface area contributed by atoms with Gasteiger partial charge in [0.1, 0.15) is 5.82 Å².